The number of carbonyl (C=O) groups excluding carboxylic acids is 8. The maximum Gasteiger partial charge on any atom is 0.249 e. The molecule has 4 aliphatic heterocycles. The molecule has 504 valence electrons. The molecule has 0 spiro atoms. The van der Waals surface area contributed by atoms with Crippen LogP contribution >= 0.6 is 0 Å². The Morgan fingerprint density at radius 2 is 0.630 bits per heavy atom. The zero-order valence-corrected chi connectivity index (χ0v) is 55.1. The molecule has 8 amide bonds. The van der Waals surface area contributed by atoms with E-state index < -0.39 is 24.2 Å². The lowest BCUT2D eigenvalue weighted by Crippen LogP contribution is -2.44. The van der Waals surface area contributed by atoms with Crippen molar-refractivity contribution in [3.8, 4) is 22.3 Å². The smallest absolute Gasteiger partial charge is 0.249 e. The van der Waals surface area contributed by atoms with E-state index in [1.807, 2.05) is 176 Å². The highest BCUT2D eigenvalue weighted by molar-refractivity contribution is 6.01. The van der Waals surface area contributed by atoms with E-state index in [1.165, 1.54) is 0 Å². The number of benzene rings is 6. The van der Waals surface area contributed by atoms with E-state index in [1.54, 1.807) is 56.4 Å². The van der Waals surface area contributed by atoms with Crippen LogP contribution in [0.1, 0.15) is 73.6 Å². The van der Waals surface area contributed by atoms with Crippen LogP contribution in [0.15, 0.2) is 213 Å². The number of hydrogen-bond donors (Lipinski definition) is 4. The molecule has 4 saturated heterocycles. The first-order chi connectivity index (χ1) is 48.8. The SMILES string of the molecule is O=C(Nc1ccc(-c2ccc3nc(NC(=O)[C@@H]4CCCN4C(=O)Cc4ccccc4)ccc3c2)cn1)[C@@H]1CCCN1C(=O)Cc1ccccc1.O=C(Nc1ccc2cc(-c3cnc(NC(=O)[C@@H]4CCCN4C(=O)Cc4ccccc4)nc3)ccc2n1)[C@@H]1CCCN1C(=O)Cc1ccccc1. The van der Waals surface area contributed by atoms with Gasteiger partial charge in [-0.1, -0.05) is 133 Å². The van der Waals surface area contributed by atoms with Crippen molar-refractivity contribution in [2.24, 2.45) is 0 Å². The van der Waals surface area contributed by atoms with E-state index in [-0.39, 0.29) is 78.9 Å². The van der Waals surface area contributed by atoms with Gasteiger partial charge < -0.3 is 35.6 Å². The predicted molar refractivity (Wildman–Crippen MR) is 382 cm³/mol. The van der Waals surface area contributed by atoms with Crippen molar-refractivity contribution < 1.29 is 38.4 Å². The molecule has 0 radical (unpaired) electrons. The van der Waals surface area contributed by atoms with Gasteiger partial charge in [0.25, 0.3) is 0 Å². The summed E-state index contributed by atoms with van der Waals surface area (Å²) in [6.07, 6.45) is 11.6. The fourth-order valence-corrected chi connectivity index (χ4v) is 13.6. The second-order valence-electron chi connectivity index (χ2n) is 25.5. The molecular formula is C79H75N13O8. The first-order valence-corrected chi connectivity index (χ1v) is 34.0. The van der Waals surface area contributed by atoms with Gasteiger partial charge >= 0.3 is 0 Å². The van der Waals surface area contributed by atoms with Crippen LogP contribution in [0.4, 0.5) is 23.4 Å². The van der Waals surface area contributed by atoms with Crippen molar-refractivity contribution in [1.29, 1.82) is 0 Å². The molecule has 14 rings (SSSR count). The van der Waals surface area contributed by atoms with Gasteiger partial charge in [-0.15, -0.1) is 0 Å². The Bertz CT molecular complexity index is 4330. The van der Waals surface area contributed by atoms with Gasteiger partial charge in [0.2, 0.25) is 53.2 Å². The number of pyridine rings is 3. The Labute approximate surface area is 578 Å². The lowest BCUT2D eigenvalue weighted by atomic mass is 10.0. The average Bonchev–Trinajstić information content (AvgIpc) is 1.67. The van der Waals surface area contributed by atoms with Crippen LogP contribution in [0.25, 0.3) is 44.1 Å². The molecule has 0 bridgehead atoms. The number of rotatable bonds is 18. The normalized spacial score (nSPS) is 17.1. The van der Waals surface area contributed by atoms with Crippen molar-refractivity contribution >= 4 is 92.5 Å². The quantitative estimate of drug-likeness (QED) is 0.0624. The molecule has 4 N–H and O–H groups in total. The number of aromatic nitrogens is 5. The van der Waals surface area contributed by atoms with E-state index >= 15 is 0 Å². The van der Waals surface area contributed by atoms with Crippen LogP contribution in [-0.2, 0) is 64.0 Å². The Kier molecular flexibility index (Phi) is 20.8. The standard InChI is InChI=1S/C40H38N6O4.C39H37N7O4/c47-37(23-27-9-3-1-4-10-27)45-21-7-13-33(45)39(49)43-35-19-17-31(26-41-35)29-15-18-32-30(25-29)16-20-36(42-32)44-40(50)34-14-8-22-46(34)38(48)24-28-11-5-2-6-12-28;47-35(21-26-9-3-1-4-10-26)45-19-7-13-32(45)37(49)43-34-18-16-29-23-28(15-17-31(29)42-34)30-24-40-39(41-25-30)44-38(50)33-14-8-20-46(33)36(48)22-27-11-5-2-6-12-27/h1-6,9-12,15-20,25-26,33-34H,7-8,13-14,21-24H2,(H,41,43,49)(H,42,44,50);1-6,9-12,15-18,23-25,32-33H,7-8,13-14,19-22H2,(H,42,43,49)(H,40,41,44,50)/t33-,34-;32-,33-/m00/s1. The molecule has 4 aromatic heterocycles. The van der Waals surface area contributed by atoms with Gasteiger partial charge in [-0.05, 0) is 145 Å². The first-order valence-electron chi connectivity index (χ1n) is 34.0. The highest BCUT2D eigenvalue weighted by Crippen LogP contribution is 2.30. The van der Waals surface area contributed by atoms with Crippen molar-refractivity contribution in [3.05, 3.63) is 235 Å². The van der Waals surface area contributed by atoms with Crippen LogP contribution in [0, 0.1) is 0 Å². The largest absolute Gasteiger partial charge is 0.330 e. The highest BCUT2D eigenvalue weighted by atomic mass is 16.2. The van der Waals surface area contributed by atoms with E-state index in [9.17, 15) is 38.4 Å². The molecular weight excluding hydrogens is 1260 g/mol. The molecule has 21 nitrogen and oxygen atoms in total. The summed E-state index contributed by atoms with van der Waals surface area (Å²) in [5, 5.41) is 13.3. The van der Waals surface area contributed by atoms with Crippen molar-refractivity contribution in [1.82, 2.24) is 44.5 Å². The zero-order valence-electron chi connectivity index (χ0n) is 55.1. The molecule has 0 saturated carbocycles. The third kappa shape index (κ3) is 16.2. The van der Waals surface area contributed by atoms with Gasteiger partial charge in [0.1, 0.15) is 41.6 Å². The van der Waals surface area contributed by atoms with E-state index in [2.05, 4.69) is 46.2 Å². The predicted octanol–water partition coefficient (Wildman–Crippen LogP) is 10.7. The molecule has 0 unspecified atom stereocenters. The number of likely N-dealkylation sites (tertiary alicyclic amines) is 4. The number of nitrogens with one attached hydrogen (secondary N) is 4. The number of nitrogens with zero attached hydrogens (tertiary/aromatic N) is 9. The molecule has 4 fully saturated rings. The molecule has 4 aliphatic rings. The molecule has 10 aromatic rings. The maximum atomic E-state index is 13.2. The summed E-state index contributed by atoms with van der Waals surface area (Å²) in [6.45, 7) is 2.24. The molecule has 4 atom stereocenters. The van der Waals surface area contributed by atoms with Crippen LogP contribution < -0.4 is 21.3 Å². The number of fused-ring (bicyclic) bond motifs is 2. The molecule has 0 aliphatic carbocycles. The minimum Gasteiger partial charge on any atom is -0.330 e. The van der Waals surface area contributed by atoms with Gasteiger partial charge in [-0.3, -0.25) is 43.7 Å². The van der Waals surface area contributed by atoms with E-state index in [4.69, 9.17) is 0 Å². The second kappa shape index (κ2) is 31.1. The summed E-state index contributed by atoms with van der Waals surface area (Å²) >= 11 is 0. The number of anilines is 4. The van der Waals surface area contributed by atoms with E-state index in [0.717, 1.165) is 86.5 Å². The zero-order chi connectivity index (χ0) is 68.9. The minimum absolute atomic E-state index is 0.0516. The van der Waals surface area contributed by atoms with Crippen LogP contribution in [0.3, 0.4) is 0 Å². The van der Waals surface area contributed by atoms with Gasteiger partial charge in [0, 0.05) is 66.7 Å². The Morgan fingerprint density at radius 1 is 0.320 bits per heavy atom. The fraction of sp³-hybridized carbons (Fsp3) is 0.253. The summed E-state index contributed by atoms with van der Waals surface area (Å²) in [5.74, 6) is 0.215. The second-order valence-corrected chi connectivity index (χ2v) is 25.5. The minimum atomic E-state index is -0.559. The fourth-order valence-electron chi connectivity index (χ4n) is 13.6. The molecule has 8 heterocycles. The first kappa shape index (κ1) is 66.7. The summed E-state index contributed by atoms with van der Waals surface area (Å²) in [5.41, 5.74) is 8.52. The monoisotopic (exact) mass is 1330 g/mol. The van der Waals surface area contributed by atoms with Gasteiger partial charge in [-0.25, -0.2) is 24.9 Å². The lowest BCUT2D eigenvalue weighted by Gasteiger charge is -2.24. The van der Waals surface area contributed by atoms with Crippen molar-refractivity contribution in [3.63, 3.8) is 0 Å². The third-order valence-electron chi connectivity index (χ3n) is 18.7. The Hall–Kier alpha value is -11.9. The molecule has 100 heavy (non-hydrogen) atoms. The Morgan fingerprint density at radius 3 is 0.980 bits per heavy atom. The summed E-state index contributed by atoms with van der Waals surface area (Å²) in [4.78, 5) is 134. The summed E-state index contributed by atoms with van der Waals surface area (Å²) in [7, 11) is 0. The van der Waals surface area contributed by atoms with Gasteiger partial charge in [-0.2, -0.15) is 0 Å². The number of hydrogen-bond acceptors (Lipinski definition) is 13. The Balaban J connectivity index is 0.000000179. The van der Waals surface area contributed by atoms with Gasteiger partial charge in [0.05, 0.1) is 36.7 Å². The van der Waals surface area contributed by atoms with Crippen molar-refractivity contribution in [2.75, 3.05) is 47.4 Å². The molecule has 21 heteroatoms. The number of carbonyl (C=O) groups is 8. The average molecular weight is 1330 g/mol. The van der Waals surface area contributed by atoms with Crippen LogP contribution in [0.2, 0.25) is 0 Å². The number of amides is 8. The van der Waals surface area contributed by atoms with Gasteiger partial charge in [0.15, 0.2) is 0 Å². The summed E-state index contributed by atoms with van der Waals surface area (Å²) in [6, 6.07) is 58.6. The topological polar surface area (TPSA) is 262 Å². The summed E-state index contributed by atoms with van der Waals surface area (Å²) < 4.78 is 0. The highest BCUT2D eigenvalue weighted by Gasteiger charge is 2.38. The van der Waals surface area contributed by atoms with E-state index in [0.29, 0.717) is 74.8 Å². The van der Waals surface area contributed by atoms with Crippen LogP contribution in [0.5, 0.6) is 0 Å². The lowest BCUT2D eigenvalue weighted by molar-refractivity contribution is -0.136. The van der Waals surface area contributed by atoms with Crippen LogP contribution in [-0.4, -0.2) is 142 Å². The third-order valence-corrected chi connectivity index (χ3v) is 18.7. The van der Waals surface area contributed by atoms with Crippen molar-refractivity contribution in [2.45, 2.75) is 101 Å². The molecule has 6 aromatic carbocycles. The maximum absolute atomic E-state index is 13.2.